The predicted molar refractivity (Wildman–Crippen MR) is 73.7 cm³/mol. The van der Waals surface area contributed by atoms with Crippen LogP contribution < -0.4 is 15.2 Å². The fourth-order valence-electron chi connectivity index (χ4n) is 1.63. The first-order chi connectivity index (χ1) is 9.33. The highest BCUT2D eigenvalue weighted by atomic mass is 16.5. The van der Waals surface area contributed by atoms with E-state index in [0.717, 1.165) is 17.7 Å². The van der Waals surface area contributed by atoms with Crippen LogP contribution in [0.5, 0.6) is 11.5 Å². The molecule has 0 radical (unpaired) electrons. The fraction of sp³-hybridized carbons (Fsp3) is 0.571. The molecule has 5 heteroatoms. The number of benzene rings is 1. The minimum Gasteiger partial charge on any atom is -0.493 e. The van der Waals surface area contributed by atoms with Gasteiger partial charge in [-0.05, 0) is 6.07 Å². The predicted octanol–water partition coefficient (Wildman–Crippen LogP) is 1.59. The van der Waals surface area contributed by atoms with Crippen LogP contribution in [0.25, 0.3) is 0 Å². The number of nitrogens with two attached hydrogens (primary N) is 1. The highest BCUT2D eigenvalue weighted by Crippen LogP contribution is 2.30. The first-order valence-electron chi connectivity index (χ1n) is 6.39. The molecule has 1 aromatic carbocycles. The summed E-state index contributed by atoms with van der Waals surface area (Å²) in [4.78, 5) is 0. The van der Waals surface area contributed by atoms with Crippen LogP contribution in [0.1, 0.15) is 12.0 Å². The smallest absolute Gasteiger partial charge is 0.165 e. The zero-order valence-corrected chi connectivity index (χ0v) is 11.7. The number of hydrogen-bond acceptors (Lipinski definition) is 5. The van der Waals surface area contributed by atoms with Crippen LogP contribution in [-0.2, 0) is 16.0 Å². The molecule has 19 heavy (non-hydrogen) atoms. The summed E-state index contributed by atoms with van der Waals surface area (Å²) in [5, 5.41) is 0. The van der Waals surface area contributed by atoms with Crippen molar-refractivity contribution in [2.45, 2.75) is 13.0 Å². The molecule has 0 aliphatic rings. The normalized spacial score (nSPS) is 10.5. The van der Waals surface area contributed by atoms with Crippen molar-refractivity contribution in [2.24, 2.45) is 5.73 Å². The van der Waals surface area contributed by atoms with Crippen molar-refractivity contribution in [3.63, 3.8) is 0 Å². The van der Waals surface area contributed by atoms with E-state index in [1.807, 2.05) is 18.2 Å². The fourth-order valence-corrected chi connectivity index (χ4v) is 1.63. The van der Waals surface area contributed by atoms with Gasteiger partial charge in [-0.3, -0.25) is 0 Å². The van der Waals surface area contributed by atoms with E-state index in [9.17, 15) is 0 Å². The summed E-state index contributed by atoms with van der Waals surface area (Å²) < 4.78 is 21.3. The van der Waals surface area contributed by atoms with Crippen molar-refractivity contribution in [1.29, 1.82) is 0 Å². The van der Waals surface area contributed by atoms with Crippen molar-refractivity contribution in [1.82, 2.24) is 0 Å². The van der Waals surface area contributed by atoms with Crippen LogP contribution in [0.15, 0.2) is 18.2 Å². The van der Waals surface area contributed by atoms with E-state index in [-0.39, 0.29) is 0 Å². The van der Waals surface area contributed by atoms with Crippen LogP contribution in [-0.4, -0.2) is 40.6 Å². The van der Waals surface area contributed by atoms with Crippen molar-refractivity contribution >= 4 is 0 Å². The molecule has 0 bridgehead atoms. The molecule has 0 spiro atoms. The van der Waals surface area contributed by atoms with Gasteiger partial charge in [0.1, 0.15) is 0 Å². The zero-order chi connectivity index (χ0) is 13.9. The molecule has 5 nitrogen and oxygen atoms in total. The molecule has 0 aliphatic heterocycles. The lowest BCUT2D eigenvalue weighted by Gasteiger charge is -2.14. The van der Waals surface area contributed by atoms with E-state index in [4.69, 9.17) is 24.7 Å². The first-order valence-corrected chi connectivity index (χ1v) is 6.39. The molecule has 0 atom stereocenters. The summed E-state index contributed by atoms with van der Waals surface area (Å²) in [6.07, 6.45) is 0.811. The van der Waals surface area contributed by atoms with Gasteiger partial charge in [-0.1, -0.05) is 12.1 Å². The molecule has 0 heterocycles. The van der Waals surface area contributed by atoms with Gasteiger partial charge in [0.15, 0.2) is 11.5 Å². The maximum absolute atomic E-state index is 5.74. The lowest BCUT2D eigenvalue weighted by atomic mass is 10.2. The van der Waals surface area contributed by atoms with E-state index < -0.39 is 0 Å². The summed E-state index contributed by atoms with van der Waals surface area (Å²) in [7, 11) is 3.28. The second kappa shape index (κ2) is 9.61. The Hall–Kier alpha value is -1.30. The Morgan fingerprint density at radius 1 is 1.05 bits per heavy atom. The molecular weight excluding hydrogens is 246 g/mol. The second-order valence-corrected chi connectivity index (χ2v) is 3.96. The van der Waals surface area contributed by atoms with Gasteiger partial charge in [0.05, 0.1) is 26.9 Å². The Kier molecular flexibility index (Phi) is 7.97. The molecule has 108 valence electrons. The van der Waals surface area contributed by atoms with Crippen molar-refractivity contribution in [2.75, 3.05) is 40.6 Å². The maximum Gasteiger partial charge on any atom is 0.165 e. The van der Waals surface area contributed by atoms with Gasteiger partial charge in [-0.15, -0.1) is 0 Å². The molecule has 1 aromatic rings. The van der Waals surface area contributed by atoms with Crippen molar-refractivity contribution in [3.8, 4) is 11.5 Å². The highest BCUT2D eigenvalue weighted by molar-refractivity contribution is 5.46. The number of ether oxygens (including phenoxy) is 4. The van der Waals surface area contributed by atoms with Crippen LogP contribution >= 0.6 is 0 Å². The highest BCUT2D eigenvalue weighted by Gasteiger charge is 2.08. The van der Waals surface area contributed by atoms with Crippen LogP contribution in [0, 0.1) is 0 Å². The summed E-state index contributed by atoms with van der Waals surface area (Å²) in [6.45, 7) is 2.87. The van der Waals surface area contributed by atoms with Crippen LogP contribution in [0.2, 0.25) is 0 Å². The summed E-state index contributed by atoms with van der Waals surface area (Å²) in [5.74, 6) is 1.44. The third-order valence-electron chi connectivity index (χ3n) is 2.61. The molecule has 0 aliphatic carbocycles. The van der Waals surface area contributed by atoms with E-state index in [2.05, 4.69) is 0 Å². The zero-order valence-electron chi connectivity index (χ0n) is 11.7. The average Bonchev–Trinajstić information content (AvgIpc) is 2.46. The van der Waals surface area contributed by atoms with E-state index in [0.29, 0.717) is 38.7 Å². The lowest BCUT2D eigenvalue weighted by Crippen LogP contribution is -2.09. The average molecular weight is 269 g/mol. The number of rotatable bonds is 10. The van der Waals surface area contributed by atoms with Gasteiger partial charge in [0.25, 0.3) is 0 Å². The van der Waals surface area contributed by atoms with Gasteiger partial charge in [0, 0.05) is 32.2 Å². The summed E-state index contributed by atoms with van der Waals surface area (Å²) in [5.41, 5.74) is 6.63. The van der Waals surface area contributed by atoms with Crippen LogP contribution in [0.3, 0.4) is 0 Å². The standard InChI is InChI=1S/C14H23NO4/c1-16-9-10-18-7-4-8-19-14-12(11-15)5-3-6-13(14)17-2/h3,5-6H,4,7-11,15H2,1-2H3. The van der Waals surface area contributed by atoms with E-state index in [1.165, 1.54) is 0 Å². The Morgan fingerprint density at radius 3 is 2.58 bits per heavy atom. The molecule has 0 saturated heterocycles. The molecule has 0 amide bonds. The number of hydrogen-bond donors (Lipinski definition) is 1. The quantitative estimate of drug-likeness (QED) is 0.653. The SMILES string of the molecule is COCCOCCCOc1c(CN)cccc1OC. The third kappa shape index (κ3) is 5.46. The van der Waals surface area contributed by atoms with Gasteiger partial charge in [-0.25, -0.2) is 0 Å². The van der Waals surface area contributed by atoms with Gasteiger partial charge < -0.3 is 24.7 Å². The molecule has 1 rings (SSSR count). The second-order valence-electron chi connectivity index (χ2n) is 3.96. The van der Waals surface area contributed by atoms with E-state index >= 15 is 0 Å². The van der Waals surface area contributed by atoms with Gasteiger partial charge in [0.2, 0.25) is 0 Å². The Bertz CT molecular complexity index is 335. The monoisotopic (exact) mass is 269 g/mol. The minimum atomic E-state index is 0.427. The number of para-hydroxylation sites is 1. The lowest BCUT2D eigenvalue weighted by molar-refractivity contribution is 0.0642. The molecule has 2 N–H and O–H groups in total. The van der Waals surface area contributed by atoms with Crippen molar-refractivity contribution in [3.05, 3.63) is 23.8 Å². The minimum absolute atomic E-state index is 0.427. The molecule has 0 fully saturated rings. The Morgan fingerprint density at radius 2 is 1.89 bits per heavy atom. The molecule has 0 saturated carbocycles. The molecule has 0 aromatic heterocycles. The summed E-state index contributed by atoms with van der Waals surface area (Å²) >= 11 is 0. The molecule has 0 unspecified atom stereocenters. The molecular formula is C14H23NO4. The third-order valence-corrected chi connectivity index (χ3v) is 2.61. The van der Waals surface area contributed by atoms with Gasteiger partial charge >= 0.3 is 0 Å². The Balaban J connectivity index is 2.35. The Labute approximate surface area is 114 Å². The largest absolute Gasteiger partial charge is 0.493 e. The first kappa shape index (κ1) is 15.8. The van der Waals surface area contributed by atoms with Crippen LogP contribution in [0.4, 0.5) is 0 Å². The van der Waals surface area contributed by atoms with E-state index in [1.54, 1.807) is 14.2 Å². The van der Waals surface area contributed by atoms with Gasteiger partial charge in [-0.2, -0.15) is 0 Å². The maximum atomic E-state index is 5.74. The topological polar surface area (TPSA) is 62.9 Å². The number of methoxy groups -OCH3 is 2. The van der Waals surface area contributed by atoms with Crippen molar-refractivity contribution < 1.29 is 18.9 Å². The summed E-state index contributed by atoms with van der Waals surface area (Å²) in [6, 6.07) is 5.71.